The number of allylic oxidation sites excluding steroid dienone is 1. The SMILES string of the molecule is CN1C=CCC(C(=O)O/C=C/C2COC(c3ccccc3)=CO2)=C1. The van der Waals surface area contributed by atoms with Crippen LogP contribution < -0.4 is 0 Å². The van der Waals surface area contributed by atoms with Crippen molar-refractivity contribution in [1.82, 2.24) is 4.90 Å². The molecule has 0 aromatic heterocycles. The summed E-state index contributed by atoms with van der Waals surface area (Å²) in [6.45, 7) is 0.364. The van der Waals surface area contributed by atoms with Crippen molar-refractivity contribution >= 4 is 11.7 Å². The predicted molar refractivity (Wildman–Crippen MR) is 90.1 cm³/mol. The molecule has 1 atom stereocenters. The van der Waals surface area contributed by atoms with Gasteiger partial charge in [0.15, 0.2) is 11.9 Å². The molecule has 3 rings (SSSR count). The molecule has 2 aliphatic heterocycles. The lowest BCUT2D eigenvalue weighted by molar-refractivity contribution is -0.133. The van der Waals surface area contributed by atoms with Crippen molar-refractivity contribution in [1.29, 1.82) is 0 Å². The highest BCUT2D eigenvalue weighted by Crippen LogP contribution is 2.21. The minimum absolute atomic E-state index is 0.284. The van der Waals surface area contributed by atoms with Crippen molar-refractivity contribution in [2.45, 2.75) is 12.5 Å². The maximum Gasteiger partial charge on any atom is 0.340 e. The number of ether oxygens (including phenoxy) is 3. The summed E-state index contributed by atoms with van der Waals surface area (Å²) in [5.41, 5.74) is 1.57. The van der Waals surface area contributed by atoms with Crippen molar-refractivity contribution < 1.29 is 19.0 Å². The Bertz CT molecular complexity index is 703. The summed E-state index contributed by atoms with van der Waals surface area (Å²) in [5.74, 6) is 0.333. The number of benzene rings is 1. The first-order valence-corrected chi connectivity index (χ1v) is 7.73. The summed E-state index contributed by atoms with van der Waals surface area (Å²) in [7, 11) is 1.86. The van der Waals surface area contributed by atoms with Gasteiger partial charge in [-0.05, 0) is 12.3 Å². The molecule has 0 radical (unpaired) electrons. The average molecular weight is 325 g/mol. The van der Waals surface area contributed by atoms with E-state index in [0.717, 1.165) is 5.56 Å². The monoisotopic (exact) mass is 325 g/mol. The van der Waals surface area contributed by atoms with Crippen LogP contribution in [0.4, 0.5) is 0 Å². The molecule has 0 aliphatic carbocycles. The van der Waals surface area contributed by atoms with E-state index in [1.165, 1.54) is 6.26 Å². The van der Waals surface area contributed by atoms with Gasteiger partial charge in [0.25, 0.3) is 0 Å². The lowest BCUT2D eigenvalue weighted by Crippen LogP contribution is -2.19. The van der Waals surface area contributed by atoms with Gasteiger partial charge in [-0.2, -0.15) is 0 Å². The van der Waals surface area contributed by atoms with E-state index in [1.807, 2.05) is 54.6 Å². The zero-order valence-corrected chi connectivity index (χ0v) is 13.4. The van der Waals surface area contributed by atoms with Crippen LogP contribution in [0.1, 0.15) is 12.0 Å². The molecule has 1 aromatic rings. The average Bonchev–Trinajstić information content (AvgIpc) is 2.63. The largest absolute Gasteiger partial charge is 0.486 e. The van der Waals surface area contributed by atoms with Gasteiger partial charge in [0.2, 0.25) is 0 Å². The minimum atomic E-state index is -0.361. The highest BCUT2D eigenvalue weighted by atomic mass is 16.6. The Hall–Kier alpha value is -2.95. The van der Waals surface area contributed by atoms with Crippen LogP contribution in [0.25, 0.3) is 5.76 Å². The van der Waals surface area contributed by atoms with Gasteiger partial charge in [0.1, 0.15) is 12.9 Å². The third-order valence-corrected chi connectivity index (χ3v) is 3.58. The molecule has 124 valence electrons. The second-order valence-electron chi connectivity index (χ2n) is 5.48. The number of carbonyl (C=O) groups excluding carboxylic acids is 1. The molecule has 1 aromatic carbocycles. The second kappa shape index (κ2) is 7.55. The minimum Gasteiger partial charge on any atom is -0.486 e. The van der Waals surface area contributed by atoms with Crippen LogP contribution in [-0.4, -0.2) is 30.6 Å². The van der Waals surface area contributed by atoms with Crippen molar-refractivity contribution in [2.75, 3.05) is 13.7 Å². The van der Waals surface area contributed by atoms with E-state index >= 15 is 0 Å². The molecule has 0 fully saturated rings. The summed E-state index contributed by atoms with van der Waals surface area (Å²) >= 11 is 0. The Morgan fingerprint density at radius 2 is 2.17 bits per heavy atom. The maximum atomic E-state index is 11.9. The van der Waals surface area contributed by atoms with E-state index in [9.17, 15) is 4.79 Å². The summed E-state index contributed by atoms with van der Waals surface area (Å²) in [4.78, 5) is 13.8. The normalized spacial score (nSPS) is 20.0. The fraction of sp³-hybridized carbons (Fsp3) is 0.211. The molecule has 24 heavy (non-hydrogen) atoms. The molecular weight excluding hydrogens is 306 g/mol. The molecule has 0 N–H and O–H groups in total. The van der Waals surface area contributed by atoms with Gasteiger partial charge in [-0.15, -0.1) is 0 Å². The Morgan fingerprint density at radius 1 is 1.33 bits per heavy atom. The molecule has 0 spiro atoms. The molecule has 2 heterocycles. The van der Waals surface area contributed by atoms with Crippen LogP contribution >= 0.6 is 0 Å². The first-order valence-electron chi connectivity index (χ1n) is 7.73. The van der Waals surface area contributed by atoms with Crippen molar-refractivity contribution in [3.8, 4) is 0 Å². The van der Waals surface area contributed by atoms with Gasteiger partial charge in [0.05, 0.1) is 11.8 Å². The third-order valence-electron chi connectivity index (χ3n) is 3.58. The highest BCUT2D eigenvalue weighted by Gasteiger charge is 2.16. The molecule has 2 aliphatic rings. The molecule has 0 saturated carbocycles. The molecule has 5 heteroatoms. The van der Waals surface area contributed by atoms with Gasteiger partial charge in [-0.1, -0.05) is 36.4 Å². The van der Waals surface area contributed by atoms with Gasteiger partial charge >= 0.3 is 5.97 Å². The number of hydrogen-bond acceptors (Lipinski definition) is 5. The van der Waals surface area contributed by atoms with Crippen LogP contribution in [0, 0.1) is 0 Å². The lowest BCUT2D eigenvalue weighted by Gasteiger charge is -2.21. The summed E-state index contributed by atoms with van der Waals surface area (Å²) in [6, 6.07) is 9.74. The zero-order chi connectivity index (χ0) is 16.8. The van der Waals surface area contributed by atoms with E-state index < -0.39 is 0 Å². The first-order chi connectivity index (χ1) is 11.7. The Kier molecular flexibility index (Phi) is 5.01. The van der Waals surface area contributed by atoms with Crippen LogP contribution in [0.3, 0.4) is 0 Å². The molecule has 0 bridgehead atoms. The summed E-state index contributed by atoms with van der Waals surface area (Å²) < 4.78 is 16.4. The topological polar surface area (TPSA) is 48.0 Å². The van der Waals surface area contributed by atoms with Gasteiger partial charge in [0, 0.05) is 25.2 Å². The first kappa shape index (κ1) is 15.9. The molecule has 5 nitrogen and oxygen atoms in total. The van der Waals surface area contributed by atoms with E-state index in [1.54, 1.807) is 18.5 Å². The van der Waals surface area contributed by atoms with Gasteiger partial charge < -0.3 is 19.1 Å². The molecule has 1 unspecified atom stereocenters. The van der Waals surface area contributed by atoms with E-state index in [2.05, 4.69) is 0 Å². The van der Waals surface area contributed by atoms with E-state index in [0.29, 0.717) is 24.4 Å². The number of rotatable bonds is 4. The van der Waals surface area contributed by atoms with E-state index in [-0.39, 0.29) is 12.1 Å². The quantitative estimate of drug-likeness (QED) is 0.628. The number of hydrogen-bond donors (Lipinski definition) is 0. The van der Waals surface area contributed by atoms with Crippen molar-refractivity contribution in [3.63, 3.8) is 0 Å². The number of esters is 1. The Morgan fingerprint density at radius 3 is 2.88 bits per heavy atom. The van der Waals surface area contributed by atoms with Crippen molar-refractivity contribution in [2.24, 2.45) is 0 Å². The number of nitrogens with zero attached hydrogens (tertiary/aromatic N) is 1. The third kappa shape index (κ3) is 4.07. The highest BCUT2D eigenvalue weighted by molar-refractivity contribution is 5.89. The summed E-state index contributed by atoms with van der Waals surface area (Å²) in [6.07, 6.45) is 10.5. The van der Waals surface area contributed by atoms with Crippen LogP contribution in [0.2, 0.25) is 0 Å². The van der Waals surface area contributed by atoms with Crippen molar-refractivity contribution in [3.05, 3.63) is 78.5 Å². The van der Waals surface area contributed by atoms with E-state index in [4.69, 9.17) is 14.2 Å². The van der Waals surface area contributed by atoms with Crippen LogP contribution in [-0.2, 0) is 19.0 Å². The van der Waals surface area contributed by atoms with Gasteiger partial charge in [-0.25, -0.2) is 4.79 Å². The zero-order valence-electron chi connectivity index (χ0n) is 13.4. The Balaban J connectivity index is 1.50. The molecule has 0 saturated heterocycles. The fourth-order valence-electron chi connectivity index (χ4n) is 2.34. The van der Waals surface area contributed by atoms with Crippen LogP contribution in [0.15, 0.2) is 73.0 Å². The standard InChI is InChI=1S/C19H19NO4/c1-20-10-5-8-16(12-20)19(21)22-11-9-17-13-24-18(14-23-17)15-6-3-2-4-7-15/h2-7,9-12,14,17H,8,13H2,1H3/b11-9+. The number of carbonyl (C=O) groups is 1. The maximum absolute atomic E-state index is 11.9. The van der Waals surface area contributed by atoms with Gasteiger partial charge in [-0.3, -0.25) is 0 Å². The Labute approximate surface area is 141 Å². The second-order valence-corrected chi connectivity index (χ2v) is 5.48. The van der Waals surface area contributed by atoms with Crippen LogP contribution in [0.5, 0.6) is 0 Å². The lowest BCUT2D eigenvalue weighted by atomic mass is 10.1. The fourth-order valence-corrected chi connectivity index (χ4v) is 2.34. The smallest absolute Gasteiger partial charge is 0.340 e. The molecule has 0 amide bonds. The predicted octanol–water partition coefficient (Wildman–Crippen LogP) is 3.19. The molecular formula is C19H19NO4. The summed E-state index contributed by atoms with van der Waals surface area (Å²) in [5, 5.41) is 0.